The third-order valence-electron chi connectivity index (χ3n) is 2.91. The molecular weight excluding hydrogens is 276 g/mol. The molecule has 0 aliphatic heterocycles. The molecule has 1 atom stereocenters. The molecule has 0 aliphatic rings. The zero-order valence-corrected chi connectivity index (χ0v) is 12.4. The van der Waals surface area contributed by atoms with E-state index in [2.05, 4.69) is 10.1 Å². The summed E-state index contributed by atoms with van der Waals surface area (Å²) in [6.45, 7) is 4.44. The lowest BCUT2D eigenvalue weighted by atomic mass is 10.2. The second kappa shape index (κ2) is 8.21. The van der Waals surface area contributed by atoms with Crippen LogP contribution in [0.3, 0.4) is 0 Å². The van der Waals surface area contributed by atoms with Crippen molar-refractivity contribution in [2.75, 3.05) is 20.3 Å². The van der Waals surface area contributed by atoms with Gasteiger partial charge in [0.2, 0.25) is 0 Å². The second-order valence-electron chi connectivity index (χ2n) is 4.50. The third-order valence-corrected chi connectivity index (χ3v) is 2.91. The smallest absolute Gasteiger partial charge is 0.322 e. The summed E-state index contributed by atoms with van der Waals surface area (Å²) in [6, 6.07) is 4.28. The Hall–Kier alpha value is -2.15. The number of benzene rings is 1. The molecule has 0 bridgehead atoms. The van der Waals surface area contributed by atoms with Gasteiger partial charge in [0, 0.05) is 12.5 Å². The molecule has 0 aromatic heterocycles. The van der Waals surface area contributed by atoms with E-state index in [0.29, 0.717) is 13.0 Å². The molecule has 0 spiro atoms. The molecule has 0 aliphatic carbocycles. The predicted molar refractivity (Wildman–Crippen MR) is 77.4 cm³/mol. The lowest BCUT2D eigenvalue weighted by molar-refractivity contribution is -0.385. The fourth-order valence-corrected chi connectivity index (χ4v) is 1.87. The summed E-state index contributed by atoms with van der Waals surface area (Å²) in [6.07, 6.45) is 0.367. The molecule has 0 saturated carbocycles. The van der Waals surface area contributed by atoms with Gasteiger partial charge in [0.05, 0.1) is 18.6 Å². The van der Waals surface area contributed by atoms with Crippen LogP contribution >= 0.6 is 0 Å². The van der Waals surface area contributed by atoms with Crippen molar-refractivity contribution in [3.8, 4) is 5.75 Å². The highest BCUT2D eigenvalue weighted by Crippen LogP contribution is 2.27. The minimum absolute atomic E-state index is 0.0759. The van der Waals surface area contributed by atoms with Gasteiger partial charge in [-0.15, -0.1) is 0 Å². The summed E-state index contributed by atoms with van der Waals surface area (Å²) in [5.41, 5.74) is 0.710. The standard InChI is InChI=1S/C14H20N2O5/c1-4-15-11(14(17)20-3)7-8-21-13-6-5-10(2)9-12(13)16(18)19/h5-6,9,11,15H,4,7-8H2,1-3H3. The van der Waals surface area contributed by atoms with Crippen molar-refractivity contribution in [1.29, 1.82) is 0 Å². The van der Waals surface area contributed by atoms with Gasteiger partial charge in [-0.3, -0.25) is 14.9 Å². The molecule has 7 nitrogen and oxygen atoms in total. The van der Waals surface area contributed by atoms with Crippen LogP contribution in [0.5, 0.6) is 5.75 Å². The van der Waals surface area contributed by atoms with E-state index in [1.165, 1.54) is 13.2 Å². The summed E-state index contributed by atoms with van der Waals surface area (Å²) in [4.78, 5) is 22.0. The van der Waals surface area contributed by atoms with Gasteiger partial charge in [0.15, 0.2) is 5.75 Å². The van der Waals surface area contributed by atoms with Crippen LogP contribution in [0.15, 0.2) is 18.2 Å². The molecule has 1 aromatic carbocycles. The number of ether oxygens (including phenoxy) is 2. The number of nitro benzene ring substituents is 1. The number of nitrogens with zero attached hydrogens (tertiary/aromatic N) is 1. The summed E-state index contributed by atoms with van der Waals surface area (Å²) in [5, 5.41) is 13.9. The largest absolute Gasteiger partial charge is 0.487 e. The number of methoxy groups -OCH3 is 1. The summed E-state index contributed by atoms with van der Waals surface area (Å²) >= 11 is 0. The van der Waals surface area contributed by atoms with Crippen LogP contribution < -0.4 is 10.1 Å². The molecule has 1 unspecified atom stereocenters. The molecule has 0 heterocycles. The van der Waals surface area contributed by atoms with Crippen molar-refractivity contribution in [1.82, 2.24) is 5.32 Å². The van der Waals surface area contributed by atoms with Crippen LogP contribution in [-0.2, 0) is 9.53 Å². The van der Waals surface area contributed by atoms with E-state index in [1.807, 2.05) is 6.92 Å². The molecule has 1 aromatic rings. The fraction of sp³-hybridized carbons (Fsp3) is 0.500. The number of likely N-dealkylation sites (N-methyl/N-ethyl adjacent to an activating group) is 1. The highest BCUT2D eigenvalue weighted by molar-refractivity contribution is 5.75. The summed E-state index contributed by atoms with van der Waals surface area (Å²) < 4.78 is 10.1. The Bertz CT molecular complexity index is 504. The van der Waals surface area contributed by atoms with Crippen LogP contribution in [0.1, 0.15) is 18.9 Å². The Morgan fingerprint density at radius 1 is 1.48 bits per heavy atom. The van der Waals surface area contributed by atoms with E-state index in [1.54, 1.807) is 19.1 Å². The van der Waals surface area contributed by atoms with Gasteiger partial charge in [-0.1, -0.05) is 13.0 Å². The maximum atomic E-state index is 11.5. The van der Waals surface area contributed by atoms with E-state index >= 15 is 0 Å². The number of nitro groups is 1. The first-order chi connectivity index (χ1) is 9.99. The maximum Gasteiger partial charge on any atom is 0.322 e. The van der Waals surface area contributed by atoms with E-state index < -0.39 is 11.0 Å². The quantitative estimate of drug-likeness (QED) is 0.447. The van der Waals surface area contributed by atoms with Crippen LogP contribution in [0.4, 0.5) is 5.69 Å². The second-order valence-corrected chi connectivity index (χ2v) is 4.50. The average molecular weight is 296 g/mol. The molecule has 0 radical (unpaired) electrons. The highest BCUT2D eigenvalue weighted by atomic mass is 16.6. The summed E-state index contributed by atoms with van der Waals surface area (Å²) in [7, 11) is 1.32. The first kappa shape index (κ1) is 16.9. The number of rotatable bonds is 8. The SMILES string of the molecule is CCNC(CCOc1ccc(C)cc1[N+](=O)[O-])C(=O)OC. The minimum Gasteiger partial charge on any atom is -0.487 e. The van der Waals surface area contributed by atoms with Crippen LogP contribution in [0, 0.1) is 17.0 Å². The van der Waals surface area contributed by atoms with Crippen molar-refractivity contribution in [3.63, 3.8) is 0 Å². The van der Waals surface area contributed by atoms with Gasteiger partial charge >= 0.3 is 11.7 Å². The molecule has 0 saturated heterocycles. The average Bonchev–Trinajstić information content (AvgIpc) is 2.46. The van der Waals surface area contributed by atoms with Gasteiger partial charge in [0.1, 0.15) is 6.04 Å². The lowest BCUT2D eigenvalue weighted by Gasteiger charge is -2.15. The topological polar surface area (TPSA) is 90.7 Å². The van der Waals surface area contributed by atoms with Crippen molar-refractivity contribution in [2.45, 2.75) is 26.3 Å². The number of carbonyl (C=O) groups is 1. The van der Waals surface area contributed by atoms with Gasteiger partial charge in [0.25, 0.3) is 0 Å². The predicted octanol–water partition coefficient (Wildman–Crippen LogP) is 1.82. The van der Waals surface area contributed by atoms with Gasteiger partial charge in [-0.2, -0.15) is 0 Å². The Kier molecular flexibility index (Phi) is 6.61. The Morgan fingerprint density at radius 2 is 2.19 bits per heavy atom. The molecule has 116 valence electrons. The van der Waals surface area contributed by atoms with Crippen LogP contribution in [0.25, 0.3) is 0 Å². The minimum atomic E-state index is -0.482. The van der Waals surface area contributed by atoms with Crippen LogP contribution in [0.2, 0.25) is 0 Å². The van der Waals surface area contributed by atoms with E-state index in [4.69, 9.17) is 4.74 Å². The zero-order chi connectivity index (χ0) is 15.8. The Morgan fingerprint density at radius 3 is 2.76 bits per heavy atom. The molecule has 21 heavy (non-hydrogen) atoms. The Labute approximate surface area is 123 Å². The molecular formula is C14H20N2O5. The van der Waals surface area contributed by atoms with E-state index in [0.717, 1.165) is 5.56 Å². The third kappa shape index (κ3) is 5.03. The number of carbonyl (C=O) groups excluding carboxylic acids is 1. The first-order valence-electron chi connectivity index (χ1n) is 6.68. The molecule has 0 amide bonds. The van der Waals surface area contributed by atoms with Crippen molar-refractivity contribution in [3.05, 3.63) is 33.9 Å². The lowest BCUT2D eigenvalue weighted by Crippen LogP contribution is -2.38. The van der Waals surface area contributed by atoms with Gasteiger partial charge in [-0.25, -0.2) is 0 Å². The molecule has 1 rings (SSSR count). The number of hydrogen-bond donors (Lipinski definition) is 1. The molecule has 7 heteroatoms. The van der Waals surface area contributed by atoms with Crippen LogP contribution in [-0.4, -0.2) is 37.2 Å². The van der Waals surface area contributed by atoms with Gasteiger partial charge in [-0.05, 0) is 25.1 Å². The monoisotopic (exact) mass is 296 g/mol. The summed E-state index contributed by atoms with van der Waals surface area (Å²) in [5.74, 6) is -0.176. The Balaban J connectivity index is 2.66. The molecule has 0 fully saturated rings. The van der Waals surface area contributed by atoms with Crippen molar-refractivity contribution in [2.24, 2.45) is 0 Å². The van der Waals surface area contributed by atoms with Gasteiger partial charge < -0.3 is 14.8 Å². The first-order valence-corrected chi connectivity index (χ1v) is 6.68. The normalized spacial score (nSPS) is 11.8. The number of esters is 1. The fourth-order valence-electron chi connectivity index (χ4n) is 1.87. The van der Waals surface area contributed by atoms with Crippen molar-refractivity contribution >= 4 is 11.7 Å². The van der Waals surface area contributed by atoms with E-state index in [9.17, 15) is 14.9 Å². The zero-order valence-electron chi connectivity index (χ0n) is 12.4. The number of hydrogen-bond acceptors (Lipinski definition) is 6. The number of nitrogens with one attached hydrogen (secondary N) is 1. The molecule has 1 N–H and O–H groups in total. The number of aryl methyl sites for hydroxylation is 1. The van der Waals surface area contributed by atoms with E-state index in [-0.39, 0.29) is 24.0 Å². The highest BCUT2D eigenvalue weighted by Gasteiger charge is 2.19. The maximum absolute atomic E-state index is 11.5. The van der Waals surface area contributed by atoms with Crippen molar-refractivity contribution < 1.29 is 19.2 Å².